The Morgan fingerprint density at radius 2 is 2.03 bits per heavy atom. The van der Waals surface area contributed by atoms with Crippen LogP contribution in [0.15, 0.2) is 54.7 Å². The van der Waals surface area contributed by atoms with Crippen molar-refractivity contribution in [2.24, 2.45) is 0 Å². The number of pyridine rings is 1. The van der Waals surface area contributed by atoms with Gasteiger partial charge in [-0.1, -0.05) is 18.2 Å². The van der Waals surface area contributed by atoms with Crippen molar-refractivity contribution in [3.05, 3.63) is 65.9 Å². The number of imidazole rings is 1. The number of nitrogens with one attached hydrogen (secondary N) is 2. The van der Waals surface area contributed by atoms with Gasteiger partial charge in [0, 0.05) is 23.0 Å². The highest BCUT2D eigenvalue weighted by Crippen LogP contribution is 2.43. The van der Waals surface area contributed by atoms with Crippen LogP contribution in [-0.2, 0) is 9.53 Å². The zero-order valence-corrected chi connectivity index (χ0v) is 17.9. The van der Waals surface area contributed by atoms with Crippen LogP contribution in [0.3, 0.4) is 0 Å². The van der Waals surface area contributed by atoms with Crippen LogP contribution in [0, 0.1) is 0 Å². The molecule has 4 aromatic rings. The Bertz CT molecular complexity index is 1350. The minimum Gasteiger partial charge on any atom is -0.493 e. The molecule has 0 aliphatic carbocycles. The fourth-order valence-electron chi connectivity index (χ4n) is 3.93. The number of ether oxygens (including phenoxy) is 3. The van der Waals surface area contributed by atoms with Gasteiger partial charge in [0.2, 0.25) is 5.91 Å². The average molecular weight is 444 g/mol. The van der Waals surface area contributed by atoms with Gasteiger partial charge in [-0.3, -0.25) is 4.79 Å². The van der Waals surface area contributed by atoms with E-state index < -0.39 is 12.1 Å². The molecule has 3 heterocycles. The van der Waals surface area contributed by atoms with Crippen LogP contribution in [0.4, 0.5) is 5.69 Å². The summed E-state index contributed by atoms with van der Waals surface area (Å²) in [5.74, 6) is 0.546. The molecule has 0 fully saturated rings. The van der Waals surface area contributed by atoms with Gasteiger partial charge in [-0.15, -0.1) is 0 Å². The number of cyclic esters (lactones) is 1. The number of rotatable bonds is 6. The average Bonchev–Trinajstić information content (AvgIpc) is 3.40. The van der Waals surface area contributed by atoms with Gasteiger partial charge in [-0.2, -0.15) is 0 Å². The van der Waals surface area contributed by atoms with E-state index in [1.165, 1.54) is 14.2 Å². The van der Waals surface area contributed by atoms with Crippen LogP contribution in [-0.4, -0.2) is 41.0 Å². The smallest absolute Gasteiger partial charge is 0.343 e. The van der Waals surface area contributed by atoms with Crippen LogP contribution in [0.25, 0.3) is 22.6 Å². The number of hydrogen-bond donors (Lipinski definition) is 2. The fraction of sp³-hybridized carbons (Fsp3) is 0.167. The maximum Gasteiger partial charge on any atom is 0.343 e. The van der Waals surface area contributed by atoms with Crippen LogP contribution in [0.5, 0.6) is 11.5 Å². The Labute approximate surface area is 188 Å². The van der Waals surface area contributed by atoms with Crippen LogP contribution in [0.1, 0.15) is 28.4 Å². The minimum atomic E-state index is -0.711. The molecule has 2 N–H and O–H groups in total. The van der Waals surface area contributed by atoms with Crippen molar-refractivity contribution in [2.75, 3.05) is 19.5 Å². The number of amides is 1. The molecular weight excluding hydrogens is 424 g/mol. The summed E-state index contributed by atoms with van der Waals surface area (Å²) in [5, 5.41) is 2.87. The summed E-state index contributed by atoms with van der Waals surface area (Å²) >= 11 is 0. The van der Waals surface area contributed by atoms with Crippen molar-refractivity contribution in [2.45, 2.75) is 12.5 Å². The number of methoxy groups -OCH3 is 2. The Balaban J connectivity index is 1.34. The molecule has 1 aliphatic rings. The lowest BCUT2D eigenvalue weighted by atomic mass is 10.0. The minimum absolute atomic E-state index is 0.0347. The number of aromatic nitrogens is 3. The number of esters is 1. The fourth-order valence-corrected chi connectivity index (χ4v) is 3.93. The van der Waals surface area contributed by atoms with E-state index in [1.54, 1.807) is 24.4 Å². The molecule has 0 saturated carbocycles. The van der Waals surface area contributed by atoms with E-state index >= 15 is 0 Å². The first-order valence-electron chi connectivity index (χ1n) is 10.2. The third kappa shape index (κ3) is 3.73. The molecule has 0 spiro atoms. The van der Waals surface area contributed by atoms with Crippen molar-refractivity contribution in [1.82, 2.24) is 15.0 Å². The predicted octanol–water partition coefficient (Wildman–Crippen LogP) is 3.88. The van der Waals surface area contributed by atoms with E-state index in [0.29, 0.717) is 34.2 Å². The SMILES string of the molecule is COc1ccc2c(c1OC)C(=O)O[C@@H]2CC(=O)Nc1cccc(-c2nc3ncccc3[nH]2)c1. The first-order chi connectivity index (χ1) is 16.1. The van der Waals surface area contributed by atoms with E-state index in [4.69, 9.17) is 14.2 Å². The molecule has 1 amide bonds. The molecule has 33 heavy (non-hydrogen) atoms. The molecular formula is C24H20N4O5. The topological polar surface area (TPSA) is 115 Å². The highest BCUT2D eigenvalue weighted by atomic mass is 16.6. The van der Waals surface area contributed by atoms with E-state index in [9.17, 15) is 9.59 Å². The summed E-state index contributed by atoms with van der Waals surface area (Å²) in [6.45, 7) is 0. The highest BCUT2D eigenvalue weighted by Gasteiger charge is 2.36. The Morgan fingerprint density at radius 3 is 2.82 bits per heavy atom. The van der Waals surface area contributed by atoms with Gasteiger partial charge in [0.1, 0.15) is 17.5 Å². The second-order valence-corrected chi connectivity index (χ2v) is 7.45. The number of nitrogens with zero attached hydrogens (tertiary/aromatic N) is 2. The lowest BCUT2D eigenvalue weighted by molar-refractivity contribution is -0.118. The number of carbonyl (C=O) groups is 2. The predicted molar refractivity (Wildman–Crippen MR) is 120 cm³/mol. The standard InChI is InChI=1S/C24H20N4O5/c1-31-17-9-8-15-18(33-24(30)20(15)21(17)32-2)12-19(29)26-14-6-3-5-13(11-14)22-27-16-7-4-10-25-23(16)28-22/h3-11,18H,12H2,1-2H3,(H,26,29)(H,25,27,28)/t18-/m1/s1. The van der Waals surface area contributed by atoms with E-state index in [2.05, 4.69) is 20.3 Å². The van der Waals surface area contributed by atoms with Gasteiger partial charge >= 0.3 is 5.97 Å². The van der Waals surface area contributed by atoms with Crippen molar-refractivity contribution in [3.63, 3.8) is 0 Å². The Hall–Kier alpha value is -4.40. The first-order valence-corrected chi connectivity index (χ1v) is 10.2. The number of anilines is 1. The number of H-pyrrole nitrogens is 1. The number of aromatic amines is 1. The third-order valence-corrected chi connectivity index (χ3v) is 5.43. The molecule has 2 aromatic carbocycles. The Morgan fingerprint density at radius 1 is 1.15 bits per heavy atom. The quantitative estimate of drug-likeness (QED) is 0.434. The van der Waals surface area contributed by atoms with Crippen molar-refractivity contribution < 1.29 is 23.8 Å². The highest BCUT2D eigenvalue weighted by molar-refractivity contribution is 5.99. The van der Waals surface area contributed by atoms with E-state index in [1.807, 2.05) is 30.3 Å². The maximum absolute atomic E-state index is 12.8. The lowest BCUT2D eigenvalue weighted by Crippen LogP contribution is -2.15. The second-order valence-electron chi connectivity index (χ2n) is 7.45. The number of hydrogen-bond acceptors (Lipinski definition) is 7. The van der Waals surface area contributed by atoms with Crippen LogP contribution < -0.4 is 14.8 Å². The van der Waals surface area contributed by atoms with Crippen molar-refractivity contribution in [3.8, 4) is 22.9 Å². The summed E-state index contributed by atoms with van der Waals surface area (Å²) < 4.78 is 16.0. The Kier molecular flexibility index (Phi) is 5.14. The van der Waals surface area contributed by atoms with E-state index in [-0.39, 0.29) is 17.9 Å². The van der Waals surface area contributed by atoms with Gasteiger partial charge in [-0.05, 0) is 30.3 Å². The van der Waals surface area contributed by atoms with Gasteiger partial charge in [-0.25, -0.2) is 14.8 Å². The molecule has 9 heteroatoms. The summed E-state index contributed by atoms with van der Waals surface area (Å²) in [6, 6.07) is 14.5. The van der Waals surface area contributed by atoms with Crippen molar-refractivity contribution >= 4 is 28.7 Å². The van der Waals surface area contributed by atoms with Gasteiger partial charge in [0.25, 0.3) is 0 Å². The summed E-state index contributed by atoms with van der Waals surface area (Å²) in [6.07, 6.45) is 0.938. The van der Waals surface area contributed by atoms with Gasteiger partial charge < -0.3 is 24.5 Å². The number of fused-ring (bicyclic) bond motifs is 2. The van der Waals surface area contributed by atoms with Gasteiger partial charge in [0.05, 0.1) is 26.2 Å². The molecule has 0 radical (unpaired) electrons. The maximum atomic E-state index is 12.8. The molecule has 9 nitrogen and oxygen atoms in total. The zero-order chi connectivity index (χ0) is 22.9. The zero-order valence-electron chi connectivity index (χ0n) is 17.9. The molecule has 1 atom stereocenters. The van der Waals surface area contributed by atoms with Crippen molar-refractivity contribution in [1.29, 1.82) is 0 Å². The molecule has 5 rings (SSSR count). The monoisotopic (exact) mass is 444 g/mol. The van der Waals surface area contributed by atoms with Gasteiger partial charge in [0.15, 0.2) is 17.1 Å². The molecule has 166 valence electrons. The lowest BCUT2D eigenvalue weighted by Gasteiger charge is -2.13. The molecule has 2 aromatic heterocycles. The largest absolute Gasteiger partial charge is 0.493 e. The molecule has 1 aliphatic heterocycles. The summed E-state index contributed by atoms with van der Waals surface area (Å²) in [4.78, 5) is 37.1. The summed E-state index contributed by atoms with van der Waals surface area (Å²) in [5.41, 5.74) is 3.74. The van der Waals surface area contributed by atoms with E-state index in [0.717, 1.165) is 11.1 Å². The molecule has 0 unspecified atom stereocenters. The molecule has 0 bridgehead atoms. The summed E-state index contributed by atoms with van der Waals surface area (Å²) in [7, 11) is 2.95. The van der Waals surface area contributed by atoms with Crippen LogP contribution in [0.2, 0.25) is 0 Å². The first kappa shape index (κ1) is 20.5. The number of carbonyl (C=O) groups excluding carboxylic acids is 2. The second kappa shape index (κ2) is 8.27. The number of benzene rings is 2. The molecule has 0 saturated heterocycles. The third-order valence-electron chi connectivity index (χ3n) is 5.43. The normalized spacial score (nSPS) is 14.6. The van der Waals surface area contributed by atoms with Crippen LogP contribution >= 0.6 is 0 Å².